The maximum Gasteiger partial charge on any atom is 0.257 e. The number of rotatable bonds is 3. The third-order valence-corrected chi connectivity index (χ3v) is 5.27. The summed E-state index contributed by atoms with van der Waals surface area (Å²) in [7, 11) is 0. The average Bonchev–Trinajstić information content (AvgIpc) is 3.12. The summed E-state index contributed by atoms with van der Waals surface area (Å²) in [5.41, 5.74) is 1.55. The van der Waals surface area contributed by atoms with E-state index in [-0.39, 0.29) is 5.91 Å². The lowest BCUT2D eigenvalue weighted by Gasteiger charge is -2.31. The molecule has 5 nitrogen and oxygen atoms in total. The lowest BCUT2D eigenvalue weighted by atomic mass is 9.98. The van der Waals surface area contributed by atoms with Gasteiger partial charge in [-0.2, -0.15) is 5.10 Å². The SMILES string of the molecule is CCn1cc(C(=O)N2CCC[C@@H](c3ncc(C)s3)C2)c(C)n1. The van der Waals surface area contributed by atoms with Crippen LogP contribution in [0.2, 0.25) is 0 Å². The highest BCUT2D eigenvalue weighted by Crippen LogP contribution is 2.30. The molecule has 0 unspecified atom stereocenters. The van der Waals surface area contributed by atoms with Crippen LogP contribution < -0.4 is 0 Å². The molecule has 0 radical (unpaired) electrons. The molecule has 1 atom stereocenters. The molecular formula is C16H22N4OS. The highest BCUT2D eigenvalue weighted by Gasteiger charge is 2.28. The summed E-state index contributed by atoms with van der Waals surface area (Å²) in [6, 6.07) is 0. The summed E-state index contributed by atoms with van der Waals surface area (Å²) in [6.45, 7) is 8.40. The molecular weight excluding hydrogens is 296 g/mol. The zero-order valence-electron chi connectivity index (χ0n) is 13.4. The first-order valence-corrected chi connectivity index (χ1v) is 8.65. The van der Waals surface area contributed by atoms with Gasteiger partial charge in [0.25, 0.3) is 5.91 Å². The number of piperidine rings is 1. The fourth-order valence-electron chi connectivity index (χ4n) is 2.98. The summed E-state index contributed by atoms with van der Waals surface area (Å²) in [4.78, 5) is 20.5. The summed E-state index contributed by atoms with van der Waals surface area (Å²) in [5, 5.41) is 5.55. The van der Waals surface area contributed by atoms with Gasteiger partial charge in [-0.15, -0.1) is 11.3 Å². The number of nitrogens with zero attached hydrogens (tertiary/aromatic N) is 4. The van der Waals surface area contributed by atoms with E-state index in [1.54, 1.807) is 11.3 Å². The minimum absolute atomic E-state index is 0.107. The van der Waals surface area contributed by atoms with Gasteiger partial charge in [0.05, 0.1) is 16.3 Å². The van der Waals surface area contributed by atoms with E-state index in [2.05, 4.69) is 17.0 Å². The van der Waals surface area contributed by atoms with Gasteiger partial charge in [-0.25, -0.2) is 4.98 Å². The van der Waals surface area contributed by atoms with Gasteiger partial charge < -0.3 is 4.90 Å². The standard InChI is InChI=1S/C16H22N4OS/c1-4-20-10-14(12(3)18-20)16(21)19-7-5-6-13(9-19)15-17-8-11(2)22-15/h8,10,13H,4-7,9H2,1-3H3/t13-/m1/s1. The molecule has 3 heterocycles. The predicted molar refractivity (Wildman–Crippen MR) is 87.4 cm³/mol. The molecule has 0 aromatic carbocycles. The van der Waals surface area contributed by atoms with Crippen LogP contribution in [0, 0.1) is 13.8 Å². The number of carbonyl (C=O) groups excluding carboxylic acids is 1. The van der Waals surface area contributed by atoms with Crippen LogP contribution in [0.25, 0.3) is 0 Å². The van der Waals surface area contributed by atoms with Gasteiger partial charge >= 0.3 is 0 Å². The maximum atomic E-state index is 12.8. The molecule has 0 saturated carbocycles. The van der Waals surface area contributed by atoms with Crippen molar-refractivity contribution in [1.82, 2.24) is 19.7 Å². The second-order valence-corrected chi connectivity index (χ2v) is 7.15. The number of aryl methyl sites for hydroxylation is 3. The quantitative estimate of drug-likeness (QED) is 0.874. The number of hydrogen-bond donors (Lipinski definition) is 0. The zero-order valence-corrected chi connectivity index (χ0v) is 14.2. The molecule has 0 N–H and O–H groups in total. The molecule has 2 aromatic heterocycles. The van der Waals surface area contributed by atoms with E-state index < -0.39 is 0 Å². The number of hydrogen-bond acceptors (Lipinski definition) is 4. The smallest absolute Gasteiger partial charge is 0.257 e. The predicted octanol–water partition coefficient (Wildman–Crippen LogP) is 3.00. The first kappa shape index (κ1) is 15.2. The Morgan fingerprint density at radius 2 is 2.27 bits per heavy atom. The third-order valence-electron chi connectivity index (χ3n) is 4.20. The van der Waals surface area contributed by atoms with E-state index in [4.69, 9.17) is 0 Å². The molecule has 1 aliphatic rings. The van der Waals surface area contributed by atoms with Crippen LogP contribution in [-0.2, 0) is 6.54 Å². The van der Waals surface area contributed by atoms with Crippen LogP contribution in [0.1, 0.15) is 51.6 Å². The molecule has 1 saturated heterocycles. The van der Waals surface area contributed by atoms with Gasteiger partial charge in [0.1, 0.15) is 0 Å². The van der Waals surface area contributed by atoms with Gasteiger partial charge in [-0.1, -0.05) is 0 Å². The Morgan fingerprint density at radius 1 is 1.45 bits per heavy atom. The van der Waals surface area contributed by atoms with Crippen LogP contribution >= 0.6 is 11.3 Å². The Kier molecular flexibility index (Phi) is 4.29. The van der Waals surface area contributed by atoms with Crippen molar-refractivity contribution in [3.8, 4) is 0 Å². The van der Waals surface area contributed by atoms with E-state index in [0.29, 0.717) is 5.92 Å². The van der Waals surface area contributed by atoms with Crippen molar-refractivity contribution < 1.29 is 4.79 Å². The number of amides is 1. The largest absolute Gasteiger partial charge is 0.338 e. The number of aromatic nitrogens is 3. The van der Waals surface area contributed by atoms with Gasteiger partial charge in [0.2, 0.25) is 0 Å². The average molecular weight is 318 g/mol. The van der Waals surface area contributed by atoms with E-state index in [1.165, 1.54) is 4.88 Å². The molecule has 1 aliphatic heterocycles. The molecule has 0 spiro atoms. The van der Waals surface area contributed by atoms with Crippen LogP contribution in [0.15, 0.2) is 12.4 Å². The second-order valence-electron chi connectivity index (χ2n) is 5.88. The summed E-state index contributed by atoms with van der Waals surface area (Å²) in [6.07, 6.45) is 5.95. The first-order valence-electron chi connectivity index (χ1n) is 7.84. The fourth-order valence-corrected chi connectivity index (χ4v) is 3.88. The topological polar surface area (TPSA) is 51.0 Å². The van der Waals surface area contributed by atoms with Crippen molar-refractivity contribution in [1.29, 1.82) is 0 Å². The fraction of sp³-hybridized carbons (Fsp3) is 0.562. The Labute approximate surface area is 135 Å². The molecule has 0 bridgehead atoms. The Balaban J connectivity index is 1.76. The van der Waals surface area contributed by atoms with Gasteiger partial charge in [0, 0.05) is 42.8 Å². The summed E-state index contributed by atoms with van der Waals surface area (Å²) in [5.74, 6) is 0.480. The molecule has 2 aromatic rings. The van der Waals surface area contributed by atoms with Crippen LogP contribution in [0.5, 0.6) is 0 Å². The molecule has 0 aliphatic carbocycles. The summed E-state index contributed by atoms with van der Waals surface area (Å²) >= 11 is 1.75. The highest BCUT2D eigenvalue weighted by molar-refractivity contribution is 7.11. The first-order chi connectivity index (χ1) is 10.6. The molecule has 118 valence electrons. The molecule has 1 fully saturated rings. The zero-order chi connectivity index (χ0) is 15.7. The van der Waals surface area contributed by atoms with Crippen LogP contribution in [-0.4, -0.2) is 38.7 Å². The number of carbonyl (C=O) groups is 1. The Hall–Kier alpha value is -1.69. The lowest BCUT2D eigenvalue weighted by Crippen LogP contribution is -2.39. The van der Waals surface area contributed by atoms with Crippen molar-refractivity contribution in [2.75, 3.05) is 13.1 Å². The summed E-state index contributed by atoms with van der Waals surface area (Å²) < 4.78 is 1.83. The monoisotopic (exact) mass is 318 g/mol. The highest BCUT2D eigenvalue weighted by atomic mass is 32.1. The Bertz CT molecular complexity index is 675. The van der Waals surface area contributed by atoms with Crippen molar-refractivity contribution in [3.63, 3.8) is 0 Å². The lowest BCUT2D eigenvalue weighted by molar-refractivity contribution is 0.0706. The van der Waals surface area contributed by atoms with Gasteiger partial charge in [-0.05, 0) is 33.6 Å². The molecule has 22 heavy (non-hydrogen) atoms. The second kappa shape index (κ2) is 6.20. The minimum Gasteiger partial charge on any atom is -0.338 e. The van der Waals surface area contributed by atoms with Crippen LogP contribution in [0.4, 0.5) is 0 Å². The van der Waals surface area contributed by atoms with Crippen molar-refractivity contribution in [2.45, 2.75) is 46.1 Å². The number of thiazole rings is 1. The van der Waals surface area contributed by atoms with E-state index in [1.807, 2.05) is 35.8 Å². The van der Waals surface area contributed by atoms with E-state index in [9.17, 15) is 4.79 Å². The van der Waals surface area contributed by atoms with E-state index in [0.717, 1.165) is 48.7 Å². The third kappa shape index (κ3) is 2.92. The normalized spacial score (nSPS) is 18.7. The number of likely N-dealkylation sites (tertiary alicyclic amines) is 1. The minimum atomic E-state index is 0.107. The van der Waals surface area contributed by atoms with Crippen molar-refractivity contribution >= 4 is 17.2 Å². The molecule has 6 heteroatoms. The van der Waals surface area contributed by atoms with Gasteiger partial charge in [0.15, 0.2) is 0 Å². The Morgan fingerprint density at radius 3 is 2.91 bits per heavy atom. The maximum absolute atomic E-state index is 12.8. The van der Waals surface area contributed by atoms with E-state index >= 15 is 0 Å². The van der Waals surface area contributed by atoms with Crippen LogP contribution in [0.3, 0.4) is 0 Å². The van der Waals surface area contributed by atoms with Crippen molar-refractivity contribution in [2.24, 2.45) is 0 Å². The van der Waals surface area contributed by atoms with Gasteiger partial charge in [-0.3, -0.25) is 9.48 Å². The van der Waals surface area contributed by atoms with Crippen molar-refractivity contribution in [3.05, 3.63) is 33.5 Å². The molecule has 1 amide bonds. The molecule has 3 rings (SSSR count).